The Morgan fingerprint density at radius 2 is 2.40 bits per heavy atom. The van der Waals surface area contributed by atoms with Gasteiger partial charge in [0.2, 0.25) is 5.13 Å². The van der Waals surface area contributed by atoms with Gasteiger partial charge in [-0.1, -0.05) is 24.3 Å². The summed E-state index contributed by atoms with van der Waals surface area (Å²) in [6.07, 6.45) is 3.29. The third-order valence-electron chi connectivity index (χ3n) is 2.21. The first-order chi connectivity index (χ1) is 9.69. The molecular formula is C13H13ClN4OS. The largest absolute Gasteiger partial charge is 0.489 e. The van der Waals surface area contributed by atoms with E-state index in [1.807, 2.05) is 0 Å². The van der Waals surface area contributed by atoms with Crippen LogP contribution in [0, 0.1) is 0 Å². The summed E-state index contributed by atoms with van der Waals surface area (Å²) in [7, 11) is 0. The number of ether oxygens (including phenoxy) is 1. The van der Waals surface area contributed by atoms with Crippen molar-refractivity contribution >= 4 is 40.1 Å². The average molecular weight is 309 g/mol. The zero-order valence-electron chi connectivity index (χ0n) is 10.5. The van der Waals surface area contributed by atoms with E-state index >= 15 is 0 Å². The molecule has 2 aromatic rings. The number of hydrogen-bond donors (Lipinski definition) is 2. The van der Waals surface area contributed by atoms with Gasteiger partial charge in [-0.05, 0) is 18.2 Å². The number of nitrogens with two attached hydrogens (primary N) is 1. The minimum Gasteiger partial charge on any atom is -0.489 e. The summed E-state index contributed by atoms with van der Waals surface area (Å²) in [5.74, 6) is 1.14. The van der Waals surface area contributed by atoms with Crippen LogP contribution >= 0.6 is 22.9 Å². The summed E-state index contributed by atoms with van der Waals surface area (Å²) in [6, 6.07) is 5.31. The highest BCUT2D eigenvalue weighted by atomic mass is 35.5. The van der Waals surface area contributed by atoms with E-state index in [1.54, 1.807) is 35.9 Å². The van der Waals surface area contributed by atoms with Gasteiger partial charge in [-0.25, -0.2) is 4.98 Å². The van der Waals surface area contributed by atoms with Gasteiger partial charge in [0.1, 0.15) is 18.2 Å². The van der Waals surface area contributed by atoms with Crippen molar-refractivity contribution in [3.8, 4) is 5.75 Å². The van der Waals surface area contributed by atoms with Gasteiger partial charge in [0.25, 0.3) is 0 Å². The van der Waals surface area contributed by atoms with Crippen molar-refractivity contribution in [2.45, 2.75) is 0 Å². The van der Waals surface area contributed by atoms with E-state index in [1.165, 1.54) is 11.3 Å². The van der Waals surface area contributed by atoms with E-state index < -0.39 is 0 Å². The van der Waals surface area contributed by atoms with E-state index in [-0.39, 0.29) is 0 Å². The van der Waals surface area contributed by atoms with Crippen LogP contribution < -0.4 is 15.9 Å². The number of nitrogens with one attached hydrogen (secondary N) is 1. The van der Waals surface area contributed by atoms with Crippen LogP contribution in [0.25, 0.3) is 0 Å². The van der Waals surface area contributed by atoms with Crippen LogP contribution in [0.4, 0.5) is 10.9 Å². The number of hydrogen-bond acceptors (Lipinski definition) is 6. The molecule has 0 aliphatic carbocycles. The number of nitrogen functional groups attached to an aromatic ring is 1. The lowest BCUT2D eigenvalue weighted by atomic mass is 10.2. The number of aromatic nitrogens is 1. The van der Waals surface area contributed by atoms with Gasteiger partial charge >= 0.3 is 0 Å². The molecule has 3 N–H and O–H groups in total. The molecule has 0 atom stereocenters. The summed E-state index contributed by atoms with van der Waals surface area (Å²) >= 11 is 7.34. The molecule has 0 unspecified atom stereocenters. The molecule has 5 nitrogen and oxygen atoms in total. The Morgan fingerprint density at radius 3 is 3.10 bits per heavy atom. The van der Waals surface area contributed by atoms with Gasteiger partial charge in [-0.3, -0.25) is 5.43 Å². The number of halogens is 1. The van der Waals surface area contributed by atoms with Crippen molar-refractivity contribution in [2.75, 3.05) is 17.8 Å². The second kappa shape index (κ2) is 6.93. The quantitative estimate of drug-likeness (QED) is 0.487. The topological polar surface area (TPSA) is 72.5 Å². The third-order valence-corrected chi connectivity index (χ3v) is 3.21. The van der Waals surface area contributed by atoms with Crippen LogP contribution in [0.3, 0.4) is 0 Å². The van der Waals surface area contributed by atoms with Crippen LogP contribution in [0.15, 0.2) is 41.3 Å². The highest BCUT2D eigenvalue weighted by molar-refractivity contribution is 7.14. The fraction of sp³-hybridized carbons (Fsp3) is 0.0769. The number of hydrazone groups is 1. The maximum absolute atomic E-state index is 5.97. The smallest absolute Gasteiger partial charge is 0.205 e. The number of nitrogens with zero attached hydrogens (tertiary/aromatic N) is 2. The minimum atomic E-state index is 0.416. The lowest BCUT2D eigenvalue weighted by Gasteiger charge is -2.07. The summed E-state index contributed by atoms with van der Waals surface area (Å²) in [5.41, 5.74) is 9.08. The van der Waals surface area contributed by atoms with Crippen LogP contribution in [0.5, 0.6) is 5.75 Å². The molecule has 0 aliphatic heterocycles. The van der Waals surface area contributed by atoms with Gasteiger partial charge in [0.15, 0.2) is 0 Å². The fourth-order valence-corrected chi connectivity index (χ4v) is 2.12. The third kappa shape index (κ3) is 3.97. The molecule has 0 fully saturated rings. The molecule has 7 heteroatoms. The Kier molecular flexibility index (Phi) is 4.97. The molecule has 1 aromatic heterocycles. The number of anilines is 2. The molecule has 0 saturated heterocycles. The SMILES string of the molecule is C=CCOc1ccc(Cl)cc1C=NNc1nc(N)cs1. The number of thiazole rings is 1. The molecule has 0 amide bonds. The van der Waals surface area contributed by atoms with E-state index in [0.717, 1.165) is 5.56 Å². The molecule has 20 heavy (non-hydrogen) atoms. The van der Waals surface area contributed by atoms with Crippen molar-refractivity contribution in [3.63, 3.8) is 0 Å². The second-order valence-electron chi connectivity index (χ2n) is 3.73. The standard InChI is InChI=1S/C13H13ClN4OS/c1-2-5-19-11-4-3-10(14)6-9(11)7-16-18-13-17-12(15)8-20-13/h2-4,6-8H,1,5,15H2,(H,17,18). The van der Waals surface area contributed by atoms with Gasteiger partial charge in [-0.2, -0.15) is 5.10 Å². The van der Waals surface area contributed by atoms with Crippen molar-refractivity contribution in [1.82, 2.24) is 4.98 Å². The Bertz CT molecular complexity index is 627. The lowest BCUT2D eigenvalue weighted by Crippen LogP contribution is -1.98. The molecule has 1 aromatic carbocycles. The molecule has 0 aliphatic rings. The highest BCUT2D eigenvalue weighted by Crippen LogP contribution is 2.22. The molecule has 104 valence electrons. The molecule has 2 rings (SSSR count). The zero-order valence-corrected chi connectivity index (χ0v) is 12.1. The van der Waals surface area contributed by atoms with E-state index in [4.69, 9.17) is 22.1 Å². The lowest BCUT2D eigenvalue weighted by molar-refractivity contribution is 0.363. The van der Waals surface area contributed by atoms with Crippen LogP contribution in [-0.4, -0.2) is 17.8 Å². The van der Waals surface area contributed by atoms with Crippen molar-refractivity contribution < 1.29 is 4.74 Å². The normalized spacial score (nSPS) is 10.7. The number of benzene rings is 1. The maximum Gasteiger partial charge on any atom is 0.205 e. The molecule has 0 bridgehead atoms. The molecule has 1 heterocycles. The Morgan fingerprint density at radius 1 is 1.55 bits per heavy atom. The first-order valence-electron chi connectivity index (χ1n) is 5.72. The van der Waals surface area contributed by atoms with Gasteiger partial charge < -0.3 is 10.5 Å². The van der Waals surface area contributed by atoms with Gasteiger partial charge in [-0.15, -0.1) is 11.3 Å². The predicted molar refractivity (Wildman–Crippen MR) is 84.9 cm³/mol. The predicted octanol–water partition coefficient (Wildman–Crippen LogP) is 3.39. The van der Waals surface area contributed by atoms with Crippen molar-refractivity contribution in [1.29, 1.82) is 0 Å². The van der Waals surface area contributed by atoms with E-state index in [9.17, 15) is 0 Å². The highest BCUT2D eigenvalue weighted by Gasteiger charge is 2.02. The number of rotatable bonds is 6. The zero-order chi connectivity index (χ0) is 14.4. The van der Waals surface area contributed by atoms with Gasteiger partial charge in [0, 0.05) is 16.0 Å². The monoisotopic (exact) mass is 308 g/mol. The first kappa shape index (κ1) is 14.4. The Hall–Kier alpha value is -2.05. The second-order valence-corrected chi connectivity index (χ2v) is 5.02. The maximum atomic E-state index is 5.97. The first-order valence-corrected chi connectivity index (χ1v) is 6.98. The molecular weight excluding hydrogens is 296 g/mol. The van der Waals surface area contributed by atoms with Crippen molar-refractivity contribution in [3.05, 3.63) is 46.8 Å². The van der Waals surface area contributed by atoms with Gasteiger partial charge in [0.05, 0.1) is 6.21 Å². The van der Waals surface area contributed by atoms with Crippen LogP contribution in [0.2, 0.25) is 5.02 Å². The summed E-state index contributed by atoms with van der Waals surface area (Å²) < 4.78 is 5.52. The van der Waals surface area contributed by atoms with E-state index in [2.05, 4.69) is 22.1 Å². The molecule has 0 spiro atoms. The Labute approximate surface area is 125 Å². The van der Waals surface area contributed by atoms with Crippen LogP contribution in [0.1, 0.15) is 5.56 Å². The summed E-state index contributed by atoms with van der Waals surface area (Å²) in [4.78, 5) is 4.03. The molecule has 0 saturated carbocycles. The van der Waals surface area contributed by atoms with Crippen LogP contribution in [-0.2, 0) is 0 Å². The Balaban J connectivity index is 2.10. The summed E-state index contributed by atoms with van der Waals surface area (Å²) in [5, 5.41) is 7.05. The molecule has 0 radical (unpaired) electrons. The van der Waals surface area contributed by atoms with E-state index in [0.29, 0.717) is 28.3 Å². The minimum absolute atomic E-state index is 0.416. The average Bonchev–Trinajstić information content (AvgIpc) is 2.84. The fourth-order valence-electron chi connectivity index (χ4n) is 1.39. The summed E-state index contributed by atoms with van der Waals surface area (Å²) in [6.45, 7) is 4.03. The van der Waals surface area contributed by atoms with Crippen molar-refractivity contribution in [2.24, 2.45) is 5.10 Å².